The standard InChI is InChI=1S/C23H21N3O6S2/c1-15-6-7-16(34(28,29)26-8-12-30-13-9-26)14-17(15)22(27)25-23-24-20(18-4-2-10-31-18)21(33-23)19-5-3-11-32-19/h2-7,10-11,14H,8-9,12-13H2,1H3,(H,24,25,27). The van der Waals surface area contributed by atoms with Gasteiger partial charge in [-0.2, -0.15) is 4.31 Å². The highest BCUT2D eigenvalue weighted by atomic mass is 32.2. The van der Waals surface area contributed by atoms with Crippen LogP contribution in [-0.2, 0) is 14.8 Å². The van der Waals surface area contributed by atoms with Crippen LogP contribution in [0.2, 0.25) is 0 Å². The van der Waals surface area contributed by atoms with Crippen molar-refractivity contribution in [3.63, 3.8) is 0 Å². The third-order valence-electron chi connectivity index (χ3n) is 5.41. The van der Waals surface area contributed by atoms with E-state index in [9.17, 15) is 13.2 Å². The van der Waals surface area contributed by atoms with Crippen LogP contribution in [0.1, 0.15) is 15.9 Å². The molecule has 1 fully saturated rings. The largest absolute Gasteiger partial charge is 0.463 e. The van der Waals surface area contributed by atoms with E-state index in [-0.39, 0.29) is 23.5 Å². The Hall–Kier alpha value is -3.25. The summed E-state index contributed by atoms with van der Waals surface area (Å²) in [4.78, 5) is 18.5. The van der Waals surface area contributed by atoms with Gasteiger partial charge in [-0.1, -0.05) is 17.4 Å². The first-order valence-corrected chi connectivity index (χ1v) is 12.8. The van der Waals surface area contributed by atoms with Crippen LogP contribution in [0.25, 0.3) is 22.1 Å². The topological polar surface area (TPSA) is 115 Å². The molecule has 1 N–H and O–H groups in total. The lowest BCUT2D eigenvalue weighted by Gasteiger charge is -2.26. The smallest absolute Gasteiger partial charge is 0.257 e. The number of ether oxygens (including phenoxy) is 1. The fourth-order valence-corrected chi connectivity index (χ4v) is 6.00. The second kappa shape index (κ2) is 9.18. The van der Waals surface area contributed by atoms with Crippen molar-refractivity contribution < 1.29 is 26.8 Å². The SMILES string of the molecule is Cc1ccc(S(=O)(=O)N2CCOCC2)cc1C(=O)Nc1nc(-c2ccco2)c(-c2ccco2)s1. The number of morpholine rings is 1. The molecule has 0 aliphatic carbocycles. The number of amides is 1. The van der Waals surface area contributed by atoms with Crippen LogP contribution in [0.15, 0.2) is 68.7 Å². The third-order valence-corrected chi connectivity index (χ3v) is 8.29. The number of rotatable bonds is 6. The number of anilines is 1. The van der Waals surface area contributed by atoms with Crippen LogP contribution in [0.3, 0.4) is 0 Å². The number of nitrogens with zero attached hydrogens (tertiary/aromatic N) is 2. The Morgan fingerprint density at radius 3 is 2.44 bits per heavy atom. The zero-order valence-corrected chi connectivity index (χ0v) is 19.8. The predicted octanol–water partition coefficient (Wildman–Crippen LogP) is 4.24. The molecule has 0 saturated carbocycles. The predicted molar refractivity (Wildman–Crippen MR) is 126 cm³/mol. The molecule has 1 aliphatic heterocycles. The van der Waals surface area contributed by atoms with E-state index in [0.29, 0.717) is 46.0 Å². The molecule has 11 heteroatoms. The molecule has 176 valence electrons. The average molecular weight is 500 g/mol. The van der Waals surface area contributed by atoms with Crippen molar-refractivity contribution in [3.8, 4) is 22.1 Å². The van der Waals surface area contributed by atoms with Crippen molar-refractivity contribution >= 4 is 32.4 Å². The summed E-state index contributed by atoms with van der Waals surface area (Å²) in [5.74, 6) is 0.680. The molecule has 0 radical (unpaired) electrons. The minimum atomic E-state index is -3.73. The maximum atomic E-state index is 13.2. The van der Waals surface area contributed by atoms with Crippen molar-refractivity contribution in [2.75, 3.05) is 31.6 Å². The van der Waals surface area contributed by atoms with Crippen molar-refractivity contribution in [2.24, 2.45) is 0 Å². The molecule has 4 heterocycles. The maximum Gasteiger partial charge on any atom is 0.257 e. The van der Waals surface area contributed by atoms with Crippen molar-refractivity contribution in [2.45, 2.75) is 11.8 Å². The second-order valence-electron chi connectivity index (χ2n) is 7.60. The van der Waals surface area contributed by atoms with Gasteiger partial charge < -0.3 is 13.6 Å². The molecule has 0 bridgehead atoms. The quantitative estimate of drug-likeness (QED) is 0.422. The van der Waals surface area contributed by atoms with Crippen LogP contribution in [0.5, 0.6) is 0 Å². The first-order valence-electron chi connectivity index (χ1n) is 10.5. The molecule has 4 aromatic rings. The fraction of sp³-hybridized carbons (Fsp3) is 0.217. The Bertz CT molecular complexity index is 1350. The summed E-state index contributed by atoms with van der Waals surface area (Å²) in [6.07, 6.45) is 3.10. The number of hydrogen-bond donors (Lipinski definition) is 1. The second-order valence-corrected chi connectivity index (χ2v) is 10.5. The molecule has 0 unspecified atom stereocenters. The van der Waals surface area contributed by atoms with Crippen LogP contribution >= 0.6 is 11.3 Å². The lowest BCUT2D eigenvalue weighted by atomic mass is 10.1. The number of sulfonamides is 1. The van der Waals surface area contributed by atoms with Crippen LogP contribution in [-0.4, -0.2) is 49.9 Å². The van der Waals surface area contributed by atoms with E-state index >= 15 is 0 Å². The molecule has 5 rings (SSSR count). The third kappa shape index (κ3) is 4.30. The normalized spacial score (nSPS) is 14.9. The summed E-state index contributed by atoms with van der Waals surface area (Å²) in [5.41, 5.74) is 1.44. The van der Waals surface area contributed by atoms with E-state index in [0.717, 1.165) is 0 Å². The van der Waals surface area contributed by atoms with Gasteiger partial charge in [0, 0.05) is 18.7 Å². The number of carbonyl (C=O) groups excluding carboxylic acids is 1. The van der Waals surface area contributed by atoms with E-state index < -0.39 is 15.9 Å². The van der Waals surface area contributed by atoms with E-state index in [1.807, 2.05) is 0 Å². The molecule has 1 aromatic carbocycles. The van der Waals surface area contributed by atoms with Crippen molar-refractivity contribution in [1.82, 2.24) is 9.29 Å². The fourth-order valence-electron chi connectivity index (χ4n) is 3.64. The number of aryl methyl sites for hydroxylation is 1. The van der Waals surface area contributed by atoms with Gasteiger partial charge in [0.05, 0.1) is 30.6 Å². The van der Waals surface area contributed by atoms with Crippen LogP contribution in [0.4, 0.5) is 5.13 Å². The van der Waals surface area contributed by atoms with Gasteiger partial charge in [-0.05, 0) is 48.9 Å². The number of carbonyl (C=O) groups is 1. The number of thiazole rings is 1. The van der Waals surface area contributed by atoms with Gasteiger partial charge in [0.15, 0.2) is 10.9 Å². The Labute approximate surface area is 200 Å². The lowest BCUT2D eigenvalue weighted by molar-refractivity contribution is 0.0730. The van der Waals surface area contributed by atoms with Gasteiger partial charge in [0.2, 0.25) is 10.0 Å². The molecule has 34 heavy (non-hydrogen) atoms. The summed E-state index contributed by atoms with van der Waals surface area (Å²) >= 11 is 1.24. The number of furan rings is 2. The Kier molecular flexibility index (Phi) is 6.09. The van der Waals surface area contributed by atoms with Gasteiger partial charge >= 0.3 is 0 Å². The van der Waals surface area contributed by atoms with E-state index in [1.54, 1.807) is 49.8 Å². The van der Waals surface area contributed by atoms with E-state index in [1.165, 1.54) is 27.8 Å². The van der Waals surface area contributed by atoms with Crippen LogP contribution in [0, 0.1) is 6.92 Å². The molecule has 0 spiro atoms. The Balaban J connectivity index is 1.45. The van der Waals surface area contributed by atoms with Crippen molar-refractivity contribution in [1.29, 1.82) is 0 Å². The summed E-state index contributed by atoms with van der Waals surface area (Å²) in [7, 11) is -3.73. The zero-order valence-electron chi connectivity index (χ0n) is 18.2. The monoisotopic (exact) mass is 499 g/mol. The van der Waals surface area contributed by atoms with Crippen molar-refractivity contribution in [3.05, 3.63) is 66.1 Å². The van der Waals surface area contributed by atoms with Gasteiger partial charge in [0.25, 0.3) is 5.91 Å². The first-order chi connectivity index (χ1) is 16.4. The Morgan fingerprint density at radius 2 is 1.76 bits per heavy atom. The first kappa shape index (κ1) is 22.5. The molecule has 0 atom stereocenters. The molecular weight excluding hydrogens is 478 g/mol. The maximum absolute atomic E-state index is 13.2. The molecule has 1 saturated heterocycles. The zero-order chi connectivity index (χ0) is 23.7. The summed E-state index contributed by atoms with van der Waals surface area (Å²) in [6, 6.07) is 11.7. The molecule has 3 aromatic heterocycles. The van der Waals surface area contributed by atoms with Gasteiger partial charge in [-0.15, -0.1) is 0 Å². The highest BCUT2D eigenvalue weighted by Crippen LogP contribution is 2.39. The summed E-state index contributed by atoms with van der Waals surface area (Å²) < 4.78 is 43.8. The van der Waals surface area contributed by atoms with Gasteiger partial charge in [-0.3, -0.25) is 10.1 Å². The minimum absolute atomic E-state index is 0.0665. The molecule has 1 amide bonds. The van der Waals surface area contributed by atoms with E-state index in [2.05, 4.69) is 10.3 Å². The number of hydrogen-bond acceptors (Lipinski definition) is 8. The average Bonchev–Trinajstić information content (AvgIpc) is 3.61. The number of aromatic nitrogens is 1. The molecule has 1 aliphatic rings. The molecular formula is C23H21N3O6S2. The number of benzene rings is 1. The van der Waals surface area contributed by atoms with Gasteiger partial charge in [0.1, 0.15) is 16.3 Å². The highest BCUT2D eigenvalue weighted by molar-refractivity contribution is 7.89. The Morgan fingerprint density at radius 1 is 1.06 bits per heavy atom. The lowest BCUT2D eigenvalue weighted by Crippen LogP contribution is -2.40. The molecule has 9 nitrogen and oxygen atoms in total. The van der Waals surface area contributed by atoms with Crippen LogP contribution < -0.4 is 5.32 Å². The van der Waals surface area contributed by atoms with E-state index in [4.69, 9.17) is 13.6 Å². The minimum Gasteiger partial charge on any atom is -0.463 e. The number of nitrogens with one attached hydrogen (secondary N) is 1. The van der Waals surface area contributed by atoms with Gasteiger partial charge in [-0.25, -0.2) is 13.4 Å². The summed E-state index contributed by atoms with van der Waals surface area (Å²) in [6.45, 7) is 3.01. The highest BCUT2D eigenvalue weighted by Gasteiger charge is 2.28. The summed E-state index contributed by atoms with van der Waals surface area (Å²) in [5, 5.41) is 3.14.